The summed E-state index contributed by atoms with van der Waals surface area (Å²) in [5, 5.41) is 0. The minimum absolute atomic E-state index is 0. The SMILES string of the molecule is Cc1ccc(C2=Cc3c(cc(C)c(C)c3-c3ccccc3)[CH]2[Zr+2]([CH]2C(c3ccc(C)s3)=Cc3c2cc(C)c(C)c3-c2ccccc2)=[Si](C)C)o1.[Cl-].[Cl-]. The van der Waals surface area contributed by atoms with Gasteiger partial charge in [0.25, 0.3) is 0 Å². The van der Waals surface area contributed by atoms with Gasteiger partial charge in [0.1, 0.15) is 0 Å². The third-order valence-corrected chi connectivity index (χ3v) is 31.3. The van der Waals surface area contributed by atoms with Gasteiger partial charge in [0.2, 0.25) is 0 Å². The molecule has 8 rings (SSSR count). The van der Waals surface area contributed by atoms with E-state index in [1.54, 1.807) is 16.7 Å². The van der Waals surface area contributed by atoms with Crippen molar-refractivity contribution in [3.05, 3.63) is 163 Å². The van der Waals surface area contributed by atoms with Gasteiger partial charge in [0, 0.05) is 0 Å². The van der Waals surface area contributed by atoms with Crippen LogP contribution in [0.3, 0.4) is 0 Å². The summed E-state index contributed by atoms with van der Waals surface area (Å²) in [6.07, 6.45) is 5.17. The number of thiophene rings is 1. The predicted octanol–water partition coefficient (Wildman–Crippen LogP) is 7.29. The fourth-order valence-electron chi connectivity index (χ4n) is 8.50. The Hall–Kier alpha value is -2.98. The molecule has 6 aromatic rings. The zero-order valence-electron chi connectivity index (χ0n) is 31.1. The van der Waals surface area contributed by atoms with Crippen molar-refractivity contribution < 1.29 is 49.6 Å². The minimum Gasteiger partial charge on any atom is -1.00 e. The molecule has 0 N–H and O–H groups in total. The molecule has 4 aromatic carbocycles. The average molecular weight is 835 g/mol. The number of hydrogen-bond acceptors (Lipinski definition) is 2. The van der Waals surface area contributed by atoms with Crippen LogP contribution in [0.15, 0.2) is 101 Å². The molecule has 0 fully saturated rings. The van der Waals surface area contributed by atoms with Crippen LogP contribution in [0.1, 0.15) is 73.0 Å². The summed E-state index contributed by atoms with van der Waals surface area (Å²) in [5.41, 5.74) is 19.2. The van der Waals surface area contributed by atoms with E-state index in [0.717, 1.165) is 11.5 Å². The number of benzene rings is 4. The van der Waals surface area contributed by atoms with Crippen LogP contribution in [0.2, 0.25) is 13.1 Å². The first-order valence-electron chi connectivity index (χ1n) is 17.8. The van der Waals surface area contributed by atoms with Crippen molar-refractivity contribution >= 4 is 40.1 Å². The Bertz CT molecular complexity index is 2250. The Morgan fingerprint density at radius 2 is 1.10 bits per heavy atom. The summed E-state index contributed by atoms with van der Waals surface area (Å²) in [6, 6.07) is 36.5. The van der Waals surface area contributed by atoms with Crippen molar-refractivity contribution in [2.75, 3.05) is 0 Å². The van der Waals surface area contributed by atoms with E-state index in [4.69, 9.17) is 4.42 Å². The van der Waals surface area contributed by atoms with E-state index >= 15 is 0 Å². The number of hydrogen-bond donors (Lipinski definition) is 0. The van der Waals surface area contributed by atoms with E-state index in [9.17, 15) is 0 Å². The molecule has 0 aliphatic heterocycles. The first-order valence-corrected chi connectivity index (χ1v) is 27.6. The summed E-state index contributed by atoms with van der Waals surface area (Å²) in [5.74, 6) is 2.04. The van der Waals surface area contributed by atoms with Crippen LogP contribution in [-0.4, -0.2) is 5.43 Å². The second kappa shape index (κ2) is 15.4. The molecule has 2 atom stereocenters. The fraction of sp³-hybridized carbons (Fsp3) is 0.217. The van der Waals surface area contributed by atoms with Gasteiger partial charge in [-0.2, -0.15) is 0 Å². The molecule has 262 valence electrons. The van der Waals surface area contributed by atoms with Gasteiger partial charge < -0.3 is 24.8 Å². The van der Waals surface area contributed by atoms with Crippen LogP contribution in [0, 0.1) is 41.5 Å². The molecule has 2 unspecified atom stereocenters. The van der Waals surface area contributed by atoms with E-state index in [1.807, 2.05) is 11.3 Å². The van der Waals surface area contributed by atoms with Crippen molar-refractivity contribution in [3.63, 3.8) is 0 Å². The molecular formula is C46H44Cl2OSSiZr. The maximum absolute atomic E-state index is 6.59. The number of fused-ring (bicyclic) bond motifs is 2. The van der Waals surface area contributed by atoms with E-state index in [-0.39, 0.29) is 24.8 Å². The number of allylic oxidation sites excluding steroid dienone is 2. The standard InChI is InChI=1S/C22H19O.C22H19S.C2H6Si.2ClH.Zr/c2*1-14-11-18-12-19(21-10-9-15(2)23-21)13-20(18)22(16(14)3)17-7-5-4-6-8-17;1-3-2;;;/h2*4-13H,1-3H3;1-2H3;2*1H;/q;;;;;+2/p-2. The molecule has 0 amide bonds. The first-order chi connectivity index (χ1) is 24.1. The van der Waals surface area contributed by atoms with Crippen LogP contribution >= 0.6 is 11.3 Å². The van der Waals surface area contributed by atoms with Gasteiger partial charge >= 0.3 is 312 Å². The van der Waals surface area contributed by atoms with Gasteiger partial charge in [0.15, 0.2) is 0 Å². The Kier molecular flexibility index (Phi) is 11.5. The molecule has 2 aliphatic carbocycles. The second-order valence-corrected chi connectivity index (χ2v) is 33.6. The molecule has 0 saturated carbocycles. The van der Waals surface area contributed by atoms with Crippen molar-refractivity contribution in [2.45, 2.75) is 61.9 Å². The van der Waals surface area contributed by atoms with Crippen LogP contribution in [-0.2, 0) is 20.4 Å². The van der Waals surface area contributed by atoms with Gasteiger partial charge in [0.05, 0.1) is 0 Å². The van der Waals surface area contributed by atoms with Crippen LogP contribution in [0.5, 0.6) is 0 Å². The van der Waals surface area contributed by atoms with Gasteiger partial charge in [-0.25, -0.2) is 0 Å². The van der Waals surface area contributed by atoms with E-state index < -0.39 is 25.8 Å². The van der Waals surface area contributed by atoms with E-state index in [1.165, 1.54) is 71.0 Å². The molecule has 1 nitrogen and oxygen atoms in total. The van der Waals surface area contributed by atoms with Crippen LogP contribution in [0.4, 0.5) is 0 Å². The largest absolute Gasteiger partial charge is 1.00 e. The second-order valence-electron chi connectivity index (χ2n) is 14.5. The topological polar surface area (TPSA) is 13.1 Å². The van der Waals surface area contributed by atoms with Crippen LogP contribution in [0.25, 0.3) is 45.6 Å². The first kappa shape index (κ1) is 38.7. The van der Waals surface area contributed by atoms with Gasteiger partial charge in [-0.05, 0) is 0 Å². The van der Waals surface area contributed by atoms with Gasteiger partial charge in [-0.1, -0.05) is 0 Å². The average Bonchev–Trinajstić information content (AvgIpc) is 3.90. The molecule has 2 aliphatic rings. The predicted molar refractivity (Wildman–Crippen MR) is 214 cm³/mol. The number of aryl methyl sites for hydroxylation is 4. The molecule has 0 radical (unpaired) electrons. The van der Waals surface area contributed by atoms with Crippen LogP contribution < -0.4 is 24.8 Å². The zero-order chi connectivity index (χ0) is 34.8. The smallest absolute Gasteiger partial charge is 1.00 e. The van der Waals surface area contributed by atoms with Crippen molar-refractivity contribution in [3.8, 4) is 22.3 Å². The summed E-state index contributed by atoms with van der Waals surface area (Å²) in [4.78, 5) is 2.83. The summed E-state index contributed by atoms with van der Waals surface area (Å²) < 4.78 is 7.43. The number of halogens is 2. The Balaban J connectivity index is 0.00000232. The minimum atomic E-state index is -2.58. The van der Waals surface area contributed by atoms with Crippen molar-refractivity contribution in [1.29, 1.82) is 0 Å². The van der Waals surface area contributed by atoms with Crippen molar-refractivity contribution in [2.24, 2.45) is 0 Å². The maximum Gasteiger partial charge on any atom is -1.00 e. The van der Waals surface area contributed by atoms with Gasteiger partial charge in [-0.15, -0.1) is 0 Å². The van der Waals surface area contributed by atoms with Crippen molar-refractivity contribution in [1.82, 2.24) is 0 Å². The van der Waals surface area contributed by atoms with E-state index in [0.29, 0.717) is 7.25 Å². The molecule has 0 bridgehead atoms. The Morgan fingerprint density at radius 3 is 1.54 bits per heavy atom. The molecule has 0 spiro atoms. The normalized spacial score (nSPS) is 15.4. The molecule has 6 heteroatoms. The monoisotopic (exact) mass is 832 g/mol. The third kappa shape index (κ3) is 6.58. The number of rotatable bonds is 6. The molecule has 52 heavy (non-hydrogen) atoms. The summed E-state index contributed by atoms with van der Waals surface area (Å²) in [7, 11) is 0. The molecule has 0 saturated heterocycles. The maximum atomic E-state index is 6.59. The van der Waals surface area contributed by atoms with E-state index in [2.05, 4.69) is 164 Å². The molecule has 2 aromatic heterocycles. The quantitative estimate of drug-likeness (QED) is 0.161. The Labute approximate surface area is 333 Å². The summed E-state index contributed by atoms with van der Waals surface area (Å²) >= 11 is -0.610. The number of furan rings is 1. The fourth-order valence-corrected chi connectivity index (χ4v) is 29.5. The zero-order valence-corrected chi connectivity index (χ0v) is 36.9. The summed E-state index contributed by atoms with van der Waals surface area (Å²) in [6.45, 7) is 18.9. The third-order valence-electron chi connectivity index (χ3n) is 11.1. The van der Waals surface area contributed by atoms with Gasteiger partial charge in [-0.3, -0.25) is 0 Å². The molecular weight excluding hydrogens is 791 g/mol. The molecule has 2 heterocycles. The Morgan fingerprint density at radius 1 is 0.596 bits per heavy atom.